The van der Waals surface area contributed by atoms with Gasteiger partial charge in [-0.05, 0) is 17.7 Å². The van der Waals surface area contributed by atoms with Crippen molar-refractivity contribution in [1.29, 1.82) is 0 Å². The summed E-state index contributed by atoms with van der Waals surface area (Å²) in [5, 5.41) is 0. The molecule has 1 aliphatic heterocycles. The van der Waals surface area contributed by atoms with E-state index in [4.69, 9.17) is 20.4 Å². The monoisotopic (exact) mass is 443 g/mol. The van der Waals surface area contributed by atoms with Gasteiger partial charge in [-0.2, -0.15) is 0 Å². The van der Waals surface area contributed by atoms with E-state index in [-0.39, 0.29) is 5.78 Å². The van der Waals surface area contributed by atoms with Crippen molar-refractivity contribution in [2.45, 2.75) is 19.9 Å². The minimum atomic E-state index is 0.138. The number of hydrogen-bond acceptors (Lipinski definition) is 8. The fourth-order valence-electron chi connectivity index (χ4n) is 3.90. The van der Waals surface area contributed by atoms with Crippen molar-refractivity contribution in [2.75, 3.05) is 36.9 Å². The highest BCUT2D eigenvalue weighted by atomic mass is 16.5. The van der Waals surface area contributed by atoms with Crippen LogP contribution in [0.15, 0.2) is 48.9 Å². The molecular weight excluding hydrogens is 418 g/mol. The number of hydrogen-bond donors (Lipinski definition) is 1. The van der Waals surface area contributed by atoms with Crippen LogP contribution in [-0.2, 0) is 11.3 Å². The minimum Gasteiger partial charge on any atom is -0.384 e. The van der Waals surface area contributed by atoms with Gasteiger partial charge in [0.2, 0.25) is 0 Å². The van der Waals surface area contributed by atoms with Gasteiger partial charge in [0, 0.05) is 36.8 Å². The lowest BCUT2D eigenvalue weighted by Crippen LogP contribution is -2.37. The van der Waals surface area contributed by atoms with Gasteiger partial charge in [0.15, 0.2) is 28.6 Å². The first kappa shape index (κ1) is 21.0. The van der Waals surface area contributed by atoms with Gasteiger partial charge < -0.3 is 19.9 Å². The molecule has 9 nitrogen and oxygen atoms in total. The van der Waals surface area contributed by atoms with Crippen LogP contribution in [0.2, 0.25) is 0 Å². The first-order valence-corrected chi connectivity index (χ1v) is 11.0. The lowest BCUT2D eigenvalue weighted by atomic mass is 10.1. The SMILES string of the molecule is CCC(=O)c1ccc(Cn2cnc3c(N4CCOCC4)nc(-c4ccc(N)nc4)nc32)cc1. The number of anilines is 2. The van der Waals surface area contributed by atoms with Gasteiger partial charge in [0.25, 0.3) is 0 Å². The predicted octanol–water partition coefficient (Wildman–Crippen LogP) is 2.95. The number of pyridine rings is 1. The molecule has 2 N–H and O–H groups in total. The fraction of sp³-hybridized carbons (Fsp3) is 0.292. The van der Waals surface area contributed by atoms with Crippen molar-refractivity contribution in [1.82, 2.24) is 24.5 Å². The van der Waals surface area contributed by atoms with E-state index in [2.05, 4.69) is 14.9 Å². The molecule has 4 heterocycles. The molecule has 0 amide bonds. The molecule has 0 atom stereocenters. The number of fused-ring (bicyclic) bond motifs is 1. The average Bonchev–Trinajstić information content (AvgIpc) is 3.27. The number of nitrogen functional groups attached to an aromatic ring is 1. The Morgan fingerprint density at radius 2 is 1.85 bits per heavy atom. The molecule has 0 radical (unpaired) electrons. The molecule has 0 spiro atoms. The molecule has 1 aliphatic rings. The number of carbonyl (C=O) groups is 1. The standard InChI is InChI=1S/C24H25N7O2/c1-2-19(32)17-5-3-16(4-6-17)14-31-15-27-21-23(30-9-11-33-12-10-30)28-22(29-24(21)31)18-7-8-20(25)26-13-18/h3-8,13,15H,2,9-12,14H2,1H3,(H2,25,26). The van der Waals surface area contributed by atoms with Gasteiger partial charge in [0.1, 0.15) is 5.82 Å². The number of morpholine rings is 1. The number of Topliss-reactive ketones (excluding diaryl/α,β-unsaturated/α-hetero) is 1. The molecule has 168 valence electrons. The molecule has 0 bridgehead atoms. The van der Waals surface area contributed by atoms with Crippen LogP contribution in [0.25, 0.3) is 22.6 Å². The fourth-order valence-corrected chi connectivity index (χ4v) is 3.90. The first-order chi connectivity index (χ1) is 16.1. The first-order valence-electron chi connectivity index (χ1n) is 11.0. The topological polar surface area (TPSA) is 112 Å². The van der Waals surface area contributed by atoms with Crippen LogP contribution >= 0.6 is 0 Å². The zero-order valence-electron chi connectivity index (χ0n) is 18.4. The number of ether oxygens (including phenoxy) is 1. The summed E-state index contributed by atoms with van der Waals surface area (Å²) in [7, 11) is 0. The zero-order chi connectivity index (χ0) is 22.8. The Bertz CT molecular complexity index is 1280. The smallest absolute Gasteiger partial charge is 0.166 e. The normalized spacial score (nSPS) is 14.0. The van der Waals surface area contributed by atoms with Gasteiger partial charge in [-0.3, -0.25) is 4.79 Å². The summed E-state index contributed by atoms with van der Waals surface area (Å²) < 4.78 is 7.53. The number of rotatable bonds is 6. The maximum Gasteiger partial charge on any atom is 0.166 e. The summed E-state index contributed by atoms with van der Waals surface area (Å²) in [6.45, 7) is 5.22. The van der Waals surface area contributed by atoms with Crippen LogP contribution < -0.4 is 10.6 Å². The van der Waals surface area contributed by atoms with Gasteiger partial charge in [-0.15, -0.1) is 0 Å². The molecule has 4 aromatic rings. The van der Waals surface area contributed by atoms with Crippen molar-refractivity contribution < 1.29 is 9.53 Å². The second-order valence-corrected chi connectivity index (χ2v) is 7.96. The lowest BCUT2D eigenvalue weighted by Gasteiger charge is -2.28. The number of imidazole rings is 1. The summed E-state index contributed by atoms with van der Waals surface area (Å²) in [6, 6.07) is 11.3. The highest BCUT2D eigenvalue weighted by Gasteiger charge is 2.21. The number of aromatic nitrogens is 5. The summed E-state index contributed by atoms with van der Waals surface area (Å²) >= 11 is 0. The van der Waals surface area contributed by atoms with E-state index in [1.807, 2.05) is 41.8 Å². The maximum absolute atomic E-state index is 11.9. The number of carbonyl (C=O) groups excluding carboxylic acids is 1. The molecule has 1 saturated heterocycles. The van der Waals surface area contributed by atoms with Crippen LogP contribution in [0.1, 0.15) is 29.3 Å². The molecule has 1 aromatic carbocycles. The summed E-state index contributed by atoms with van der Waals surface area (Å²) in [5.74, 6) is 1.95. The summed E-state index contributed by atoms with van der Waals surface area (Å²) in [4.78, 5) is 32.7. The highest BCUT2D eigenvalue weighted by Crippen LogP contribution is 2.28. The Balaban J connectivity index is 1.56. The molecule has 0 aliphatic carbocycles. The van der Waals surface area contributed by atoms with E-state index in [9.17, 15) is 4.79 Å². The van der Waals surface area contributed by atoms with E-state index >= 15 is 0 Å². The minimum absolute atomic E-state index is 0.138. The van der Waals surface area contributed by atoms with Crippen LogP contribution in [0, 0.1) is 0 Å². The number of benzene rings is 1. The second-order valence-electron chi connectivity index (χ2n) is 7.96. The van der Waals surface area contributed by atoms with Crippen LogP contribution in [0.4, 0.5) is 11.6 Å². The van der Waals surface area contributed by atoms with Crippen molar-refractivity contribution in [3.63, 3.8) is 0 Å². The molecule has 1 fully saturated rings. The van der Waals surface area contributed by atoms with E-state index in [1.54, 1.807) is 18.6 Å². The summed E-state index contributed by atoms with van der Waals surface area (Å²) in [6.07, 6.45) is 3.97. The van der Waals surface area contributed by atoms with E-state index in [0.717, 1.165) is 46.8 Å². The second kappa shape index (κ2) is 8.95. The molecular formula is C24H25N7O2. The van der Waals surface area contributed by atoms with Crippen molar-refractivity contribution in [3.8, 4) is 11.4 Å². The van der Waals surface area contributed by atoms with Crippen LogP contribution in [0.5, 0.6) is 0 Å². The molecule has 5 rings (SSSR count). The Kier molecular flexibility index (Phi) is 5.70. The Labute approximate surface area is 191 Å². The van der Waals surface area contributed by atoms with Gasteiger partial charge in [0.05, 0.1) is 26.1 Å². The third kappa shape index (κ3) is 4.27. The van der Waals surface area contributed by atoms with Gasteiger partial charge in [-0.25, -0.2) is 19.9 Å². The molecule has 0 saturated carbocycles. The predicted molar refractivity (Wildman–Crippen MR) is 126 cm³/mol. The lowest BCUT2D eigenvalue weighted by molar-refractivity contribution is 0.0988. The quantitative estimate of drug-likeness (QED) is 0.453. The van der Waals surface area contributed by atoms with E-state index < -0.39 is 0 Å². The Morgan fingerprint density at radius 1 is 1.06 bits per heavy atom. The number of nitrogens with zero attached hydrogens (tertiary/aromatic N) is 6. The Morgan fingerprint density at radius 3 is 2.55 bits per heavy atom. The van der Waals surface area contributed by atoms with Crippen LogP contribution in [0.3, 0.4) is 0 Å². The van der Waals surface area contributed by atoms with Crippen molar-refractivity contribution in [3.05, 3.63) is 60.0 Å². The Hall–Kier alpha value is -3.85. The average molecular weight is 444 g/mol. The van der Waals surface area contributed by atoms with Crippen molar-refractivity contribution in [2.24, 2.45) is 0 Å². The number of ketones is 1. The third-order valence-electron chi connectivity index (χ3n) is 5.75. The number of nitrogens with two attached hydrogens (primary N) is 1. The molecule has 3 aromatic heterocycles. The largest absolute Gasteiger partial charge is 0.384 e. The maximum atomic E-state index is 11.9. The highest BCUT2D eigenvalue weighted by molar-refractivity contribution is 5.95. The zero-order valence-corrected chi connectivity index (χ0v) is 18.4. The van der Waals surface area contributed by atoms with E-state index in [0.29, 0.717) is 37.8 Å². The van der Waals surface area contributed by atoms with Gasteiger partial charge in [-0.1, -0.05) is 31.2 Å². The van der Waals surface area contributed by atoms with Gasteiger partial charge >= 0.3 is 0 Å². The van der Waals surface area contributed by atoms with Crippen LogP contribution in [-0.4, -0.2) is 56.6 Å². The van der Waals surface area contributed by atoms with E-state index in [1.165, 1.54) is 0 Å². The third-order valence-corrected chi connectivity index (χ3v) is 5.75. The molecule has 9 heteroatoms. The van der Waals surface area contributed by atoms with Crippen molar-refractivity contribution >= 4 is 28.6 Å². The molecule has 33 heavy (non-hydrogen) atoms. The summed E-state index contributed by atoms with van der Waals surface area (Å²) in [5.41, 5.74) is 9.83. The molecule has 0 unspecified atom stereocenters.